The zero-order chi connectivity index (χ0) is 18.3. The Morgan fingerprint density at radius 1 is 1.23 bits per heavy atom. The molecule has 1 fully saturated rings. The zero-order valence-electron chi connectivity index (χ0n) is 14.4. The predicted molar refractivity (Wildman–Crippen MR) is 93.0 cm³/mol. The Morgan fingerprint density at radius 3 is 2.85 bits per heavy atom. The first-order chi connectivity index (χ1) is 12.5. The van der Waals surface area contributed by atoms with E-state index in [9.17, 15) is 8.42 Å². The number of morpholine rings is 1. The molecule has 26 heavy (non-hydrogen) atoms. The van der Waals surface area contributed by atoms with Crippen LogP contribution in [0, 0.1) is 13.8 Å². The monoisotopic (exact) mass is 374 g/mol. The van der Waals surface area contributed by atoms with E-state index >= 15 is 0 Å². The molecule has 3 heterocycles. The summed E-state index contributed by atoms with van der Waals surface area (Å²) in [5.41, 5.74) is 1.60. The Kier molecular flexibility index (Phi) is 4.22. The Morgan fingerprint density at radius 2 is 2.08 bits per heavy atom. The molecule has 4 rings (SSSR count). The average molecular weight is 374 g/mol. The number of rotatable bonds is 3. The summed E-state index contributed by atoms with van der Waals surface area (Å²) in [5, 5.41) is 4.37. The molecule has 8 nitrogen and oxygen atoms in total. The largest absolute Gasteiger partial charge is 0.378 e. The predicted octanol–water partition coefficient (Wildman–Crippen LogP) is 2.00. The second-order valence-electron chi connectivity index (χ2n) is 6.17. The molecule has 1 aliphatic heterocycles. The number of fused-ring (bicyclic) bond motifs is 1. The van der Waals surface area contributed by atoms with Gasteiger partial charge in [0, 0.05) is 18.1 Å². The molecule has 3 aromatic rings. The number of hydrogen-bond donors (Lipinski definition) is 0. The summed E-state index contributed by atoms with van der Waals surface area (Å²) in [6.45, 7) is 4.29. The molecule has 1 atom stereocenters. The molecule has 1 aliphatic rings. The van der Waals surface area contributed by atoms with Gasteiger partial charge in [-0.3, -0.25) is 4.98 Å². The number of ether oxygens (including phenoxy) is 1. The number of hydrogen-bond acceptors (Lipinski definition) is 7. The fraction of sp³-hybridized carbons (Fsp3) is 0.353. The topological polar surface area (TPSA) is 98.4 Å². The highest BCUT2D eigenvalue weighted by molar-refractivity contribution is 7.89. The van der Waals surface area contributed by atoms with Crippen molar-refractivity contribution in [1.82, 2.24) is 19.4 Å². The van der Waals surface area contributed by atoms with Crippen molar-refractivity contribution in [2.45, 2.75) is 24.8 Å². The zero-order valence-corrected chi connectivity index (χ0v) is 15.2. The molecule has 0 radical (unpaired) electrons. The van der Waals surface area contributed by atoms with E-state index in [1.165, 1.54) is 4.31 Å². The maximum atomic E-state index is 13.5. The van der Waals surface area contributed by atoms with Gasteiger partial charge in [-0.15, -0.1) is 0 Å². The molecule has 0 bridgehead atoms. The van der Waals surface area contributed by atoms with Crippen LogP contribution in [-0.2, 0) is 14.8 Å². The molecule has 0 amide bonds. The van der Waals surface area contributed by atoms with E-state index in [1.807, 2.05) is 6.92 Å². The van der Waals surface area contributed by atoms with Crippen LogP contribution in [0.3, 0.4) is 0 Å². The summed E-state index contributed by atoms with van der Waals surface area (Å²) < 4.78 is 39.0. The van der Waals surface area contributed by atoms with Gasteiger partial charge in [0.25, 0.3) is 0 Å². The summed E-state index contributed by atoms with van der Waals surface area (Å²) in [5.74, 6) is 0.688. The Hall–Kier alpha value is -2.36. The molecule has 136 valence electrons. The van der Waals surface area contributed by atoms with Gasteiger partial charge >= 0.3 is 0 Å². The van der Waals surface area contributed by atoms with Gasteiger partial charge in [0.1, 0.15) is 6.04 Å². The van der Waals surface area contributed by atoms with Crippen molar-refractivity contribution in [3.8, 4) is 0 Å². The normalized spacial score (nSPS) is 19.1. The van der Waals surface area contributed by atoms with Crippen molar-refractivity contribution in [2.75, 3.05) is 19.8 Å². The van der Waals surface area contributed by atoms with Gasteiger partial charge in [-0.05, 0) is 37.6 Å². The summed E-state index contributed by atoms with van der Waals surface area (Å²) in [6, 6.07) is 6.25. The van der Waals surface area contributed by atoms with Crippen molar-refractivity contribution in [2.24, 2.45) is 0 Å². The van der Waals surface area contributed by atoms with Crippen LogP contribution in [0.4, 0.5) is 0 Å². The third kappa shape index (κ3) is 2.77. The van der Waals surface area contributed by atoms with Crippen LogP contribution in [0.1, 0.15) is 23.3 Å². The smallest absolute Gasteiger partial charge is 0.247 e. The number of aromatic nitrogens is 3. The van der Waals surface area contributed by atoms with Crippen LogP contribution in [-0.4, -0.2) is 47.6 Å². The van der Waals surface area contributed by atoms with Crippen molar-refractivity contribution in [3.05, 3.63) is 47.7 Å². The fourth-order valence-electron chi connectivity index (χ4n) is 3.16. The summed E-state index contributed by atoms with van der Waals surface area (Å²) in [7, 11) is -3.81. The highest BCUT2D eigenvalue weighted by Gasteiger charge is 2.39. The van der Waals surface area contributed by atoms with Gasteiger partial charge in [0.15, 0.2) is 5.82 Å². The van der Waals surface area contributed by atoms with Crippen molar-refractivity contribution >= 4 is 20.9 Å². The number of benzene rings is 1. The fourth-order valence-corrected chi connectivity index (χ4v) is 4.89. The minimum absolute atomic E-state index is 0.170. The van der Waals surface area contributed by atoms with E-state index in [1.54, 1.807) is 37.4 Å². The second kappa shape index (κ2) is 6.42. The molecule has 0 N–H and O–H groups in total. The minimum Gasteiger partial charge on any atom is -0.378 e. The first-order valence-electron chi connectivity index (χ1n) is 8.22. The SMILES string of the molecule is Cc1noc(C2COCCN2S(=O)(=O)c2ccc(C)c3ncccc23)n1. The third-order valence-electron chi connectivity index (χ3n) is 4.43. The van der Waals surface area contributed by atoms with Gasteiger partial charge in [0.2, 0.25) is 15.9 Å². The molecular formula is C17H18N4O4S. The Labute approximate surface area is 150 Å². The minimum atomic E-state index is -3.81. The summed E-state index contributed by atoms with van der Waals surface area (Å²) in [6.07, 6.45) is 1.66. The van der Waals surface area contributed by atoms with E-state index < -0.39 is 16.1 Å². The first kappa shape index (κ1) is 17.1. The molecule has 0 saturated carbocycles. The van der Waals surface area contributed by atoms with Crippen LogP contribution in [0.5, 0.6) is 0 Å². The lowest BCUT2D eigenvalue weighted by Gasteiger charge is -2.32. The number of pyridine rings is 1. The lowest BCUT2D eigenvalue weighted by atomic mass is 10.1. The molecule has 1 saturated heterocycles. The molecule has 2 aromatic heterocycles. The van der Waals surface area contributed by atoms with Crippen LogP contribution < -0.4 is 0 Å². The van der Waals surface area contributed by atoms with Crippen LogP contribution >= 0.6 is 0 Å². The standard InChI is InChI=1S/C17H18N4O4S/c1-11-5-6-15(13-4-3-7-18-16(11)13)26(22,23)21-8-9-24-10-14(21)17-19-12(2)20-25-17/h3-7,14H,8-10H2,1-2H3. The maximum Gasteiger partial charge on any atom is 0.247 e. The quantitative estimate of drug-likeness (QED) is 0.691. The maximum absolute atomic E-state index is 13.5. The van der Waals surface area contributed by atoms with Gasteiger partial charge < -0.3 is 9.26 Å². The first-order valence-corrected chi connectivity index (χ1v) is 9.66. The number of aryl methyl sites for hydroxylation is 2. The van der Waals surface area contributed by atoms with Gasteiger partial charge in [-0.2, -0.15) is 9.29 Å². The summed E-state index contributed by atoms with van der Waals surface area (Å²) in [4.78, 5) is 8.74. The van der Waals surface area contributed by atoms with Crippen LogP contribution in [0.25, 0.3) is 10.9 Å². The van der Waals surface area contributed by atoms with E-state index in [4.69, 9.17) is 9.26 Å². The van der Waals surface area contributed by atoms with E-state index in [0.29, 0.717) is 23.3 Å². The number of nitrogens with zero attached hydrogens (tertiary/aromatic N) is 4. The Bertz CT molecular complexity index is 1060. The van der Waals surface area contributed by atoms with E-state index in [2.05, 4.69) is 15.1 Å². The molecule has 0 spiro atoms. The van der Waals surface area contributed by atoms with E-state index in [0.717, 1.165) is 5.56 Å². The van der Waals surface area contributed by atoms with Crippen LogP contribution in [0.2, 0.25) is 0 Å². The lowest BCUT2D eigenvalue weighted by molar-refractivity contribution is 0.0203. The van der Waals surface area contributed by atoms with Crippen molar-refractivity contribution < 1.29 is 17.7 Å². The third-order valence-corrected chi connectivity index (χ3v) is 6.39. The molecular weight excluding hydrogens is 356 g/mol. The molecule has 1 aromatic carbocycles. The highest BCUT2D eigenvalue weighted by Crippen LogP contribution is 2.33. The lowest BCUT2D eigenvalue weighted by Crippen LogP contribution is -2.43. The molecule has 0 aliphatic carbocycles. The van der Waals surface area contributed by atoms with Crippen molar-refractivity contribution in [1.29, 1.82) is 0 Å². The second-order valence-corrected chi connectivity index (χ2v) is 8.03. The van der Waals surface area contributed by atoms with E-state index in [-0.39, 0.29) is 23.9 Å². The summed E-state index contributed by atoms with van der Waals surface area (Å²) >= 11 is 0. The van der Waals surface area contributed by atoms with Gasteiger partial charge in [-0.1, -0.05) is 11.2 Å². The van der Waals surface area contributed by atoms with Crippen LogP contribution in [0.15, 0.2) is 39.9 Å². The van der Waals surface area contributed by atoms with Gasteiger partial charge in [0.05, 0.1) is 23.6 Å². The Balaban J connectivity index is 1.84. The molecule has 1 unspecified atom stereocenters. The number of sulfonamides is 1. The average Bonchev–Trinajstić information content (AvgIpc) is 3.08. The van der Waals surface area contributed by atoms with Gasteiger partial charge in [-0.25, -0.2) is 8.42 Å². The molecule has 9 heteroatoms. The van der Waals surface area contributed by atoms with Crippen molar-refractivity contribution in [3.63, 3.8) is 0 Å². The highest BCUT2D eigenvalue weighted by atomic mass is 32.2.